The summed E-state index contributed by atoms with van der Waals surface area (Å²) in [5, 5.41) is 0. The number of hydrogen-bond donors (Lipinski definition) is 1. The summed E-state index contributed by atoms with van der Waals surface area (Å²) in [5.74, 6) is 0.163. The number of para-hydroxylation sites is 1. The molecule has 0 fully saturated rings. The second-order valence-corrected chi connectivity index (χ2v) is 3.73. The minimum absolute atomic E-state index is 0.243. The standard InChI is InChI=1S/C12H11FN2OS/c1-2-16-10-6-4-3-5-8(10)11-9(13)7-14-12(17)15-11/h3-7H,2H2,1H3,(H,14,15,17). The zero-order chi connectivity index (χ0) is 12.3. The maximum Gasteiger partial charge on any atom is 0.197 e. The normalized spacial score (nSPS) is 10.2. The van der Waals surface area contributed by atoms with Crippen molar-refractivity contribution in [2.45, 2.75) is 6.92 Å². The summed E-state index contributed by atoms with van der Waals surface area (Å²) in [5.41, 5.74) is 0.939. The first-order chi connectivity index (χ1) is 8.22. The van der Waals surface area contributed by atoms with Crippen LogP contribution in [0.1, 0.15) is 6.92 Å². The molecule has 0 radical (unpaired) electrons. The average molecular weight is 250 g/mol. The summed E-state index contributed by atoms with van der Waals surface area (Å²) in [6, 6.07) is 7.21. The number of H-pyrrole nitrogens is 1. The van der Waals surface area contributed by atoms with Gasteiger partial charge in [0, 0.05) is 5.56 Å². The molecule has 5 heteroatoms. The Morgan fingerprint density at radius 3 is 2.94 bits per heavy atom. The van der Waals surface area contributed by atoms with Crippen LogP contribution in [0.3, 0.4) is 0 Å². The highest BCUT2D eigenvalue weighted by Crippen LogP contribution is 2.29. The molecule has 1 N–H and O–H groups in total. The Hall–Kier alpha value is -1.75. The molecule has 2 aromatic rings. The van der Waals surface area contributed by atoms with Crippen molar-refractivity contribution < 1.29 is 9.13 Å². The van der Waals surface area contributed by atoms with Crippen LogP contribution in [0.25, 0.3) is 11.3 Å². The Morgan fingerprint density at radius 2 is 2.18 bits per heavy atom. The number of benzene rings is 1. The third-order valence-corrected chi connectivity index (χ3v) is 2.43. The number of nitrogens with zero attached hydrogens (tertiary/aromatic N) is 1. The summed E-state index contributed by atoms with van der Waals surface area (Å²) in [4.78, 5) is 6.42. The van der Waals surface area contributed by atoms with E-state index in [1.165, 1.54) is 0 Å². The minimum atomic E-state index is -0.453. The molecule has 1 heterocycles. The maximum absolute atomic E-state index is 13.7. The fourth-order valence-corrected chi connectivity index (χ4v) is 1.68. The van der Waals surface area contributed by atoms with Gasteiger partial charge in [0.15, 0.2) is 10.6 Å². The molecular weight excluding hydrogens is 239 g/mol. The molecule has 2 rings (SSSR count). The summed E-state index contributed by atoms with van der Waals surface area (Å²) in [6.45, 7) is 2.40. The SMILES string of the molecule is CCOc1ccccc1-c1[nH]c(=S)ncc1F. The zero-order valence-corrected chi connectivity index (χ0v) is 10.1. The van der Waals surface area contributed by atoms with Gasteiger partial charge in [-0.15, -0.1) is 0 Å². The van der Waals surface area contributed by atoms with E-state index in [1.54, 1.807) is 12.1 Å². The molecule has 0 aliphatic rings. The second-order valence-electron chi connectivity index (χ2n) is 3.34. The van der Waals surface area contributed by atoms with E-state index in [2.05, 4.69) is 9.97 Å². The molecule has 0 aliphatic carbocycles. The van der Waals surface area contributed by atoms with Gasteiger partial charge in [-0.3, -0.25) is 0 Å². The van der Waals surface area contributed by atoms with Gasteiger partial charge in [-0.05, 0) is 31.3 Å². The van der Waals surface area contributed by atoms with E-state index in [-0.39, 0.29) is 4.77 Å². The van der Waals surface area contributed by atoms with Gasteiger partial charge in [-0.2, -0.15) is 0 Å². The monoisotopic (exact) mass is 250 g/mol. The van der Waals surface area contributed by atoms with Crippen LogP contribution in [0.4, 0.5) is 4.39 Å². The maximum atomic E-state index is 13.7. The first-order valence-electron chi connectivity index (χ1n) is 5.19. The molecule has 0 unspecified atom stereocenters. The molecule has 0 saturated carbocycles. The van der Waals surface area contributed by atoms with Crippen LogP contribution in [0.5, 0.6) is 5.75 Å². The van der Waals surface area contributed by atoms with Crippen molar-refractivity contribution in [1.82, 2.24) is 9.97 Å². The number of nitrogens with one attached hydrogen (secondary N) is 1. The summed E-state index contributed by atoms with van der Waals surface area (Å²) < 4.78 is 19.4. The lowest BCUT2D eigenvalue weighted by Gasteiger charge is -2.10. The number of aromatic nitrogens is 2. The van der Waals surface area contributed by atoms with Crippen LogP contribution in [0, 0.1) is 10.6 Å². The second kappa shape index (κ2) is 5.05. The molecule has 1 aromatic carbocycles. The van der Waals surface area contributed by atoms with E-state index >= 15 is 0 Å². The predicted molar refractivity (Wildman–Crippen MR) is 66.0 cm³/mol. The lowest BCUT2D eigenvalue weighted by atomic mass is 10.1. The van der Waals surface area contributed by atoms with Crippen molar-refractivity contribution in [2.75, 3.05) is 6.61 Å². The quantitative estimate of drug-likeness (QED) is 0.849. The molecule has 0 saturated heterocycles. The first kappa shape index (κ1) is 11.7. The van der Waals surface area contributed by atoms with Crippen LogP contribution in [-0.4, -0.2) is 16.6 Å². The molecule has 1 aromatic heterocycles. The van der Waals surface area contributed by atoms with E-state index in [9.17, 15) is 4.39 Å². The Labute approximate surface area is 103 Å². The van der Waals surface area contributed by atoms with E-state index in [0.717, 1.165) is 6.20 Å². The molecule has 3 nitrogen and oxygen atoms in total. The van der Waals surface area contributed by atoms with Crippen LogP contribution in [-0.2, 0) is 0 Å². The first-order valence-corrected chi connectivity index (χ1v) is 5.60. The van der Waals surface area contributed by atoms with Crippen LogP contribution in [0.2, 0.25) is 0 Å². The highest BCUT2D eigenvalue weighted by Gasteiger charge is 2.10. The van der Waals surface area contributed by atoms with Gasteiger partial charge in [-0.25, -0.2) is 9.37 Å². The molecule has 0 atom stereocenters. The molecular formula is C12H11FN2OS. The van der Waals surface area contributed by atoms with Crippen LogP contribution < -0.4 is 4.74 Å². The van der Waals surface area contributed by atoms with Gasteiger partial charge in [0.05, 0.1) is 18.5 Å². The lowest BCUT2D eigenvalue weighted by Crippen LogP contribution is -1.97. The van der Waals surface area contributed by atoms with Gasteiger partial charge in [0.1, 0.15) is 5.75 Å². The van der Waals surface area contributed by atoms with Crippen molar-refractivity contribution in [3.05, 3.63) is 41.1 Å². The summed E-state index contributed by atoms with van der Waals surface area (Å²) in [7, 11) is 0. The molecule has 0 spiro atoms. The largest absolute Gasteiger partial charge is 0.493 e. The number of hydrogen-bond acceptors (Lipinski definition) is 3. The predicted octanol–water partition coefficient (Wildman–Crippen LogP) is 3.34. The fraction of sp³-hybridized carbons (Fsp3) is 0.167. The Bertz CT molecular complexity index is 583. The topological polar surface area (TPSA) is 37.9 Å². The van der Waals surface area contributed by atoms with Gasteiger partial charge in [0.25, 0.3) is 0 Å². The number of aromatic amines is 1. The third kappa shape index (κ3) is 2.50. The van der Waals surface area contributed by atoms with Crippen molar-refractivity contribution >= 4 is 12.2 Å². The smallest absolute Gasteiger partial charge is 0.197 e. The van der Waals surface area contributed by atoms with Gasteiger partial charge in [0.2, 0.25) is 0 Å². The van der Waals surface area contributed by atoms with Crippen molar-refractivity contribution in [3.63, 3.8) is 0 Å². The lowest BCUT2D eigenvalue weighted by molar-refractivity contribution is 0.341. The van der Waals surface area contributed by atoms with Gasteiger partial charge < -0.3 is 9.72 Å². The van der Waals surface area contributed by atoms with Crippen molar-refractivity contribution in [2.24, 2.45) is 0 Å². The van der Waals surface area contributed by atoms with Gasteiger partial charge in [-0.1, -0.05) is 12.1 Å². The highest BCUT2D eigenvalue weighted by atomic mass is 32.1. The summed E-state index contributed by atoms with van der Waals surface area (Å²) >= 11 is 4.89. The third-order valence-electron chi connectivity index (χ3n) is 2.22. The molecule has 88 valence electrons. The zero-order valence-electron chi connectivity index (χ0n) is 9.24. The van der Waals surface area contributed by atoms with Gasteiger partial charge >= 0.3 is 0 Å². The molecule has 0 bridgehead atoms. The van der Waals surface area contributed by atoms with Crippen molar-refractivity contribution in [1.29, 1.82) is 0 Å². The summed E-state index contributed by atoms with van der Waals surface area (Å²) in [6.07, 6.45) is 1.11. The van der Waals surface area contributed by atoms with E-state index in [1.807, 2.05) is 19.1 Å². The number of ether oxygens (including phenoxy) is 1. The number of halogens is 1. The van der Waals surface area contributed by atoms with Crippen LogP contribution in [0.15, 0.2) is 30.5 Å². The van der Waals surface area contributed by atoms with E-state index in [0.29, 0.717) is 23.6 Å². The van der Waals surface area contributed by atoms with E-state index in [4.69, 9.17) is 17.0 Å². The van der Waals surface area contributed by atoms with Crippen LogP contribution >= 0.6 is 12.2 Å². The fourth-order valence-electron chi connectivity index (χ4n) is 1.53. The highest BCUT2D eigenvalue weighted by molar-refractivity contribution is 7.71. The Morgan fingerprint density at radius 1 is 1.41 bits per heavy atom. The molecule has 0 amide bonds. The Balaban J connectivity index is 2.59. The van der Waals surface area contributed by atoms with Crippen molar-refractivity contribution in [3.8, 4) is 17.0 Å². The minimum Gasteiger partial charge on any atom is -0.493 e. The molecule has 0 aliphatic heterocycles. The number of rotatable bonds is 3. The van der Waals surface area contributed by atoms with E-state index < -0.39 is 5.82 Å². The Kier molecular flexibility index (Phi) is 3.49. The molecule has 17 heavy (non-hydrogen) atoms. The average Bonchev–Trinajstić information content (AvgIpc) is 2.34.